The molecule has 0 aliphatic carbocycles. The molecule has 2 rings (SSSR count). The van der Waals surface area contributed by atoms with E-state index in [-0.39, 0.29) is 0 Å². The number of halogens is 2. The average molecular weight is 315 g/mol. The maximum atomic E-state index is 5.88. The molecule has 0 aliphatic heterocycles. The summed E-state index contributed by atoms with van der Waals surface area (Å²) in [5.74, 6) is 1.38. The number of ether oxygens (including phenoxy) is 1. The molecule has 1 N–H and O–H groups in total. The van der Waals surface area contributed by atoms with E-state index in [2.05, 4.69) is 31.2 Å². The standard InChI is InChI=1S/C11H9BrClN3O/c1-17-8-4-2-3-7(5-8)16-11-9(12)10(13)14-6-15-11/h2-6H,1H3,(H,14,15,16). The van der Waals surface area contributed by atoms with Crippen LogP contribution in [0.3, 0.4) is 0 Å². The number of nitrogens with zero attached hydrogens (tertiary/aromatic N) is 2. The number of benzene rings is 1. The van der Waals surface area contributed by atoms with Gasteiger partial charge in [-0.3, -0.25) is 0 Å². The molecule has 0 atom stereocenters. The molecule has 0 fully saturated rings. The van der Waals surface area contributed by atoms with E-state index in [1.165, 1.54) is 6.33 Å². The van der Waals surface area contributed by atoms with Crippen molar-refractivity contribution >= 4 is 39.0 Å². The van der Waals surface area contributed by atoms with Gasteiger partial charge in [-0.2, -0.15) is 0 Å². The highest BCUT2D eigenvalue weighted by atomic mass is 79.9. The van der Waals surface area contributed by atoms with Crippen LogP contribution in [0, 0.1) is 0 Å². The lowest BCUT2D eigenvalue weighted by Crippen LogP contribution is -1.96. The van der Waals surface area contributed by atoms with Gasteiger partial charge in [0.1, 0.15) is 23.0 Å². The van der Waals surface area contributed by atoms with Gasteiger partial charge in [0.25, 0.3) is 0 Å². The van der Waals surface area contributed by atoms with E-state index in [1.807, 2.05) is 24.3 Å². The summed E-state index contributed by atoms with van der Waals surface area (Å²) >= 11 is 9.20. The van der Waals surface area contributed by atoms with Crippen molar-refractivity contribution in [3.63, 3.8) is 0 Å². The third-order valence-corrected chi connectivity index (χ3v) is 3.35. The molecule has 0 unspecified atom stereocenters. The third kappa shape index (κ3) is 2.87. The van der Waals surface area contributed by atoms with Gasteiger partial charge in [0, 0.05) is 11.8 Å². The molecule has 17 heavy (non-hydrogen) atoms. The van der Waals surface area contributed by atoms with Crippen molar-refractivity contribution in [3.8, 4) is 5.75 Å². The zero-order valence-corrected chi connectivity index (χ0v) is 11.3. The van der Waals surface area contributed by atoms with Gasteiger partial charge >= 0.3 is 0 Å². The summed E-state index contributed by atoms with van der Waals surface area (Å²) in [7, 11) is 1.62. The number of rotatable bonds is 3. The van der Waals surface area contributed by atoms with Crippen LogP contribution in [0.5, 0.6) is 5.75 Å². The Labute approximate surface area is 112 Å². The molecule has 2 aromatic rings. The molecule has 0 saturated carbocycles. The first-order valence-corrected chi connectivity index (χ1v) is 5.95. The maximum Gasteiger partial charge on any atom is 0.149 e. The largest absolute Gasteiger partial charge is 0.497 e. The van der Waals surface area contributed by atoms with Crippen LogP contribution in [-0.2, 0) is 0 Å². The minimum Gasteiger partial charge on any atom is -0.497 e. The Morgan fingerprint density at radius 3 is 2.94 bits per heavy atom. The highest BCUT2D eigenvalue weighted by Crippen LogP contribution is 2.29. The molecule has 0 aliphatic rings. The summed E-state index contributed by atoms with van der Waals surface area (Å²) in [4.78, 5) is 7.95. The van der Waals surface area contributed by atoms with Crippen molar-refractivity contribution in [2.24, 2.45) is 0 Å². The highest BCUT2D eigenvalue weighted by molar-refractivity contribution is 9.10. The Morgan fingerprint density at radius 2 is 2.18 bits per heavy atom. The predicted octanol–water partition coefficient (Wildman–Crippen LogP) is 3.64. The van der Waals surface area contributed by atoms with Crippen molar-refractivity contribution in [1.82, 2.24) is 9.97 Å². The van der Waals surface area contributed by atoms with Crippen molar-refractivity contribution in [2.75, 3.05) is 12.4 Å². The van der Waals surface area contributed by atoms with Crippen LogP contribution in [0.15, 0.2) is 35.1 Å². The molecule has 1 aromatic carbocycles. The summed E-state index contributed by atoms with van der Waals surface area (Å²) < 4.78 is 5.77. The molecule has 0 spiro atoms. The first-order chi connectivity index (χ1) is 8.20. The summed E-state index contributed by atoms with van der Waals surface area (Å²) in [6, 6.07) is 7.53. The van der Waals surface area contributed by atoms with Crippen LogP contribution >= 0.6 is 27.5 Å². The average Bonchev–Trinajstić information content (AvgIpc) is 2.35. The second-order valence-electron chi connectivity index (χ2n) is 3.18. The van der Waals surface area contributed by atoms with Crippen LogP contribution in [0.25, 0.3) is 0 Å². The van der Waals surface area contributed by atoms with Crippen LogP contribution in [-0.4, -0.2) is 17.1 Å². The highest BCUT2D eigenvalue weighted by Gasteiger charge is 2.06. The van der Waals surface area contributed by atoms with E-state index in [9.17, 15) is 0 Å². The Balaban J connectivity index is 2.28. The lowest BCUT2D eigenvalue weighted by atomic mass is 10.3. The Morgan fingerprint density at radius 1 is 1.35 bits per heavy atom. The quantitative estimate of drug-likeness (QED) is 0.879. The molecular weight excluding hydrogens is 305 g/mol. The number of anilines is 2. The molecule has 6 heteroatoms. The maximum absolute atomic E-state index is 5.88. The van der Waals surface area contributed by atoms with Gasteiger partial charge in [-0.05, 0) is 28.1 Å². The first kappa shape index (κ1) is 12.1. The number of aromatic nitrogens is 2. The molecule has 1 heterocycles. The van der Waals surface area contributed by atoms with Gasteiger partial charge in [0.2, 0.25) is 0 Å². The van der Waals surface area contributed by atoms with Crippen LogP contribution < -0.4 is 10.1 Å². The lowest BCUT2D eigenvalue weighted by molar-refractivity contribution is 0.415. The van der Waals surface area contributed by atoms with Gasteiger partial charge in [-0.25, -0.2) is 9.97 Å². The van der Waals surface area contributed by atoms with Crippen molar-refractivity contribution in [2.45, 2.75) is 0 Å². The van der Waals surface area contributed by atoms with Crippen molar-refractivity contribution in [3.05, 3.63) is 40.2 Å². The SMILES string of the molecule is COc1cccc(Nc2ncnc(Cl)c2Br)c1. The lowest BCUT2D eigenvalue weighted by Gasteiger charge is -2.08. The molecule has 88 valence electrons. The second kappa shape index (κ2) is 5.33. The predicted molar refractivity (Wildman–Crippen MR) is 71.0 cm³/mol. The van der Waals surface area contributed by atoms with Crippen molar-refractivity contribution in [1.29, 1.82) is 0 Å². The minimum atomic E-state index is 0.366. The fourth-order valence-electron chi connectivity index (χ4n) is 1.27. The summed E-state index contributed by atoms with van der Waals surface area (Å²) in [6.45, 7) is 0. The van der Waals surface area contributed by atoms with Crippen molar-refractivity contribution < 1.29 is 4.74 Å². The molecule has 0 amide bonds. The van der Waals surface area contributed by atoms with E-state index in [4.69, 9.17) is 16.3 Å². The summed E-state index contributed by atoms with van der Waals surface area (Å²) in [5, 5.41) is 3.49. The van der Waals surface area contributed by atoms with E-state index < -0.39 is 0 Å². The number of hydrogen-bond donors (Lipinski definition) is 1. The fourth-order valence-corrected chi connectivity index (χ4v) is 1.71. The Kier molecular flexibility index (Phi) is 3.81. The minimum absolute atomic E-state index is 0.366. The normalized spacial score (nSPS) is 10.1. The Hall–Kier alpha value is -1.33. The van der Waals surface area contributed by atoms with Gasteiger partial charge in [-0.1, -0.05) is 17.7 Å². The monoisotopic (exact) mass is 313 g/mol. The zero-order chi connectivity index (χ0) is 12.3. The first-order valence-electron chi connectivity index (χ1n) is 4.78. The van der Waals surface area contributed by atoms with Gasteiger partial charge in [0.05, 0.1) is 11.6 Å². The van der Waals surface area contributed by atoms with Crippen LogP contribution in [0.2, 0.25) is 5.15 Å². The smallest absolute Gasteiger partial charge is 0.149 e. The number of hydrogen-bond acceptors (Lipinski definition) is 4. The fraction of sp³-hybridized carbons (Fsp3) is 0.0909. The van der Waals surface area contributed by atoms with Crippen LogP contribution in [0.1, 0.15) is 0 Å². The van der Waals surface area contributed by atoms with E-state index in [0.717, 1.165) is 11.4 Å². The zero-order valence-electron chi connectivity index (χ0n) is 8.95. The van der Waals surface area contributed by atoms with Gasteiger partial charge in [-0.15, -0.1) is 0 Å². The van der Waals surface area contributed by atoms with Gasteiger partial charge < -0.3 is 10.1 Å². The summed E-state index contributed by atoms with van der Waals surface area (Å²) in [5.41, 5.74) is 0.861. The molecule has 0 radical (unpaired) electrons. The topological polar surface area (TPSA) is 47.0 Å². The molecule has 0 saturated heterocycles. The van der Waals surface area contributed by atoms with E-state index in [0.29, 0.717) is 15.4 Å². The summed E-state index contributed by atoms with van der Waals surface area (Å²) in [6.07, 6.45) is 1.40. The molecule has 0 bridgehead atoms. The van der Waals surface area contributed by atoms with E-state index >= 15 is 0 Å². The molecule has 1 aromatic heterocycles. The third-order valence-electron chi connectivity index (χ3n) is 2.08. The molecule has 4 nitrogen and oxygen atoms in total. The number of methoxy groups -OCH3 is 1. The molecular formula is C11H9BrClN3O. The second-order valence-corrected chi connectivity index (χ2v) is 4.34. The van der Waals surface area contributed by atoms with Gasteiger partial charge in [0.15, 0.2) is 0 Å². The van der Waals surface area contributed by atoms with E-state index in [1.54, 1.807) is 7.11 Å². The van der Waals surface area contributed by atoms with Crippen LogP contribution in [0.4, 0.5) is 11.5 Å². The number of nitrogens with one attached hydrogen (secondary N) is 1. The Bertz CT molecular complexity index is 536.